The summed E-state index contributed by atoms with van der Waals surface area (Å²) in [5.74, 6) is 0.563. The maximum Gasteiger partial charge on any atom is 0.319 e. The Balaban J connectivity index is 1.32. The van der Waals surface area contributed by atoms with Crippen molar-refractivity contribution in [2.45, 2.75) is 62.4 Å². The fourth-order valence-electron chi connectivity index (χ4n) is 7.62. The van der Waals surface area contributed by atoms with Crippen LogP contribution in [0, 0.1) is 17.1 Å². The number of nitrogens with zero attached hydrogens (tertiary/aromatic N) is 5. The first-order valence-corrected chi connectivity index (χ1v) is 17.0. The number of anilines is 1. The van der Waals surface area contributed by atoms with Crippen molar-refractivity contribution in [2.24, 2.45) is 0 Å². The zero-order chi connectivity index (χ0) is 32.3. The molecule has 0 radical (unpaired) electrons. The number of nitrogens with one attached hydrogen (secondary N) is 1. The third-order valence-electron chi connectivity index (χ3n) is 9.99. The van der Waals surface area contributed by atoms with Crippen LogP contribution < -0.4 is 19.7 Å². The summed E-state index contributed by atoms with van der Waals surface area (Å²) >= 11 is 13.8. The minimum Gasteiger partial charge on any atom is -0.487 e. The van der Waals surface area contributed by atoms with Gasteiger partial charge in [-0.05, 0) is 55.3 Å². The number of piperazine rings is 1. The van der Waals surface area contributed by atoms with Gasteiger partial charge < -0.3 is 19.7 Å². The van der Waals surface area contributed by atoms with Crippen molar-refractivity contribution in [1.82, 2.24) is 20.2 Å². The number of benzene rings is 3. The van der Waals surface area contributed by atoms with Crippen molar-refractivity contribution >= 4 is 50.7 Å². The molecule has 3 saturated heterocycles. The van der Waals surface area contributed by atoms with Gasteiger partial charge in [-0.25, -0.2) is 8.78 Å². The summed E-state index contributed by atoms with van der Waals surface area (Å²) < 4.78 is 42.5. The second kappa shape index (κ2) is 12.2. The molecule has 4 heterocycles. The summed E-state index contributed by atoms with van der Waals surface area (Å²) in [6, 6.07) is 12.9. The molecule has 3 atom stereocenters. The van der Waals surface area contributed by atoms with Crippen LogP contribution in [0.1, 0.15) is 38.5 Å². The second-order valence-corrected chi connectivity index (χ2v) is 14.0. The van der Waals surface area contributed by atoms with Gasteiger partial charge in [-0.15, -0.1) is 0 Å². The summed E-state index contributed by atoms with van der Waals surface area (Å²) in [4.78, 5) is 14.3. The Morgan fingerprint density at radius 1 is 1.13 bits per heavy atom. The van der Waals surface area contributed by atoms with Crippen LogP contribution in [0.4, 0.5) is 14.6 Å². The minimum atomic E-state index is -0.884. The van der Waals surface area contributed by atoms with Crippen LogP contribution in [-0.4, -0.2) is 78.1 Å². The molecule has 1 N–H and O–H groups in total. The van der Waals surface area contributed by atoms with Crippen LogP contribution in [0.3, 0.4) is 0 Å². The standard InChI is InChI=1S/C35H34Cl2F2N6O2/c36-26-15-25-31(32(47-23-6-7-23)29(26)24-4-1-3-20-5-8-27(39)30(37)28(20)24)42-34(43-33(25)44-14-12-41-22(18-44)9-11-40)46-19-35-10-2-13-45(35)17-21(38)16-35/h1,3-5,8,15,21-23,41H,2,6-7,9-10,12-14,16-19H2/t21-,22+,35+/m1/s1. The Morgan fingerprint density at radius 3 is 2.83 bits per heavy atom. The number of hydrogen-bond donors (Lipinski definition) is 1. The van der Waals surface area contributed by atoms with Crippen LogP contribution in [0.15, 0.2) is 36.4 Å². The highest BCUT2D eigenvalue weighted by Crippen LogP contribution is 2.49. The molecule has 1 saturated carbocycles. The molecule has 12 heteroatoms. The van der Waals surface area contributed by atoms with E-state index in [2.05, 4.69) is 21.2 Å². The number of ether oxygens (including phenoxy) is 2. The van der Waals surface area contributed by atoms with Crippen molar-refractivity contribution in [3.63, 3.8) is 0 Å². The Hall–Kier alpha value is -3.49. The Bertz CT molecular complexity index is 1920. The maximum atomic E-state index is 14.9. The molecule has 4 aliphatic rings. The zero-order valence-corrected chi connectivity index (χ0v) is 27.3. The summed E-state index contributed by atoms with van der Waals surface area (Å²) in [6.07, 6.45) is 3.49. The normalized spacial score (nSPS) is 24.5. The lowest BCUT2D eigenvalue weighted by Gasteiger charge is -2.34. The molecule has 1 aliphatic carbocycles. The average Bonchev–Trinajstić information content (AvgIpc) is 3.72. The molecule has 47 heavy (non-hydrogen) atoms. The molecule has 244 valence electrons. The molecule has 0 amide bonds. The molecule has 0 spiro atoms. The molecule has 4 aromatic rings. The van der Waals surface area contributed by atoms with E-state index in [-0.39, 0.29) is 35.3 Å². The quantitative estimate of drug-likeness (QED) is 0.212. The molecule has 8 nitrogen and oxygen atoms in total. The van der Waals surface area contributed by atoms with Crippen molar-refractivity contribution in [2.75, 3.05) is 44.2 Å². The van der Waals surface area contributed by atoms with Gasteiger partial charge in [-0.2, -0.15) is 15.2 Å². The van der Waals surface area contributed by atoms with Gasteiger partial charge >= 0.3 is 6.01 Å². The third kappa shape index (κ3) is 5.61. The molecular formula is C35H34Cl2F2N6O2. The van der Waals surface area contributed by atoms with E-state index in [1.807, 2.05) is 24.3 Å². The Morgan fingerprint density at radius 2 is 2.00 bits per heavy atom. The number of hydrogen-bond acceptors (Lipinski definition) is 8. The number of alkyl halides is 1. The first-order valence-electron chi connectivity index (χ1n) is 16.3. The lowest BCUT2D eigenvalue weighted by molar-refractivity contribution is 0.107. The van der Waals surface area contributed by atoms with E-state index in [1.54, 1.807) is 6.07 Å². The van der Waals surface area contributed by atoms with Gasteiger partial charge in [-0.1, -0.05) is 47.5 Å². The number of nitriles is 1. The monoisotopic (exact) mass is 678 g/mol. The van der Waals surface area contributed by atoms with E-state index >= 15 is 0 Å². The molecule has 1 aromatic heterocycles. The molecular weight excluding hydrogens is 645 g/mol. The van der Waals surface area contributed by atoms with Gasteiger partial charge in [0, 0.05) is 55.0 Å². The van der Waals surface area contributed by atoms with E-state index in [4.69, 9.17) is 42.6 Å². The largest absolute Gasteiger partial charge is 0.487 e. The van der Waals surface area contributed by atoms with Gasteiger partial charge in [0.25, 0.3) is 0 Å². The number of halogens is 4. The first kappa shape index (κ1) is 30.8. The van der Waals surface area contributed by atoms with Crippen molar-refractivity contribution < 1.29 is 18.3 Å². The molecule has 0 unspecified atom stereocenters. The smallest absolute Gasteiger partial charge is 0.319 e. The summed E-state index contributed by atoms with van der Waals surface area (Å²) in [6.45, 7) is 3.41. The van der Waals surface area contributed by atoms with Gasteiger partial charge in [-0.3, -0.25) is 4.90 Å². The highest BCUT2D eigenvalue weighted by Gasteiger charge is 2.49. The van der Waals surface area contributed by atoms with E-state index in [1.165, 1.54) is 6.07 Å². The van der Waals surface area contributed by atoms with Crippen LogP contribution in [0.25, 0.3) is 32.8 Å². The van der Waals surface area contributed by atoms with Crippen molar-refractivity contribution in [1.29, 1.82) is 5.26 Å². The van der Waals surface area contributed by atoms with Crippen LogP contribution in [-0.2, 0) is 0 Å². The van der Waals surface area contributed by atoms with Crippen molar-refractivity contribution in [3.05, 3.63) is 52.3 Å². The van der Waals surface area contributed by atoms with Gasteiger partial charge in [0.1, 0.15) is 29.9 Å². The van der Waals surface area contributed by atoms with Crippen LogP contribution >= 0.6 is 23.2 Å². The lowest BCUT2D eigenvalue weighted by Crippen LogP contribution is -2.51. The SMILES string of the molecule is N#CC[C@H]1CN(c2nc(OC[C@@]34CCCN3C[C@H](F)C4)nc3c(OC4CC4)c(-c4cccc5ccc(F)c(Cl)c45)c(Cl)cc23)CCN1. The van der Waals surface area contributed by atoms with E-state index in [0.29, 0.717) is 83.0 Å². The van der Waals surface area contributed by atoms with Crippen molar-refractivity contribution in [3.8, 4) is 29.0 Å². The van der Waals surface area contributed by atoms with Crippen LogP contribution in [0.5, 0.6) is 11.8 Å². The molecule has 4 fully saturated rings. The zero-order valence-electron chi connectivity index (χ0n) is 25.7. The summed E-state index contributed by atoms with van der Waals surface area (Å²) in [5, 5.41) is 15.2. The topological polar surface area (TPSA) is 86.5 Å². The third-order valence-corrected chi connectivity index (χ3v) is 10.7. The lowest BCUT2D eigenvalue weighted by atomic mass is 9.95. The van der Waals surface area contributed by atoms with E-state index in [0.717, 1.165) is 37.6 Å². The molecule has 0 bridgehead atoms. The summed E-state index contributed by atoms with van der Waals surface area (Å²) in [5.41, 5.74) is 1.34. The highest BCUT2D eigenvalue weighted by atomic mass is 35.5. The second-order valence-electron chi connectivity index (χ2n) is 13.2. The van der Waals surface area contributed by atoms with E-state index < -0.39 is 12.0 Å². The average molecular weight is 680 g/mol. The Kier molecular flexibility index (Phi) is 7.99. The molecule has 3 aromatic carbocycles. The van der Waals surface area contributed by atoms with Gasteiger partial charge in [0.15, 0.2) is 5.75 Å². The first-order chi connectivity index (χ1) is 22.8. The number of aromatic nitrogens is 2. The van der Waals surface area contributed by atoms with E-state index in [9.17, 15) is 14.0 Å². The maximum absolute atomic E-state index is 14.9. The Labute approximate surface area is 281 Å². The predicted molar refractivity (Wildman–Crippen MR) is 179 cm³/mol. The van der Waals surface area contributed by atoms with Gasteiger partial charge in [0.05, 0.1) is 34.2 Å². The fourth-order valence-corrected chi connectivity index (χ4v) is 8.19. The molecule has 8 rings (SSSR count). The number of fused-ring (bicyclic) bond motifs is 3. The predicted octanol–water partition coefficient (Wildman–Crippen LogP) is 7.08. The molecule has 3 aliphatic heterocycles. The number of rotatable bonds is 8. The van der Waals surface area contributed by atoms with Gasteiger partial charge in [0.2, 0.25) is 0 Å². The summed E-state index contributed by atoms with van der Waals surface area (Å²) in [7, 11) is 0. The fraction of sp³-hybridized carbons (Fsp3) is 0.457. The highest BCUT2D eigenvalue weighted by molar-refractivity contribution is 6.39. The van der Waals surface area contributed by atoms with Crippen LogP contribution in [0.2, 0.25) is 10.0 Å². The minimum absolute atomic E-state index is 0.00601.